The SMILES string of the molecule is Cc1cc(=O)[nH]c(-c2cccc(OC(=O)/C=C/c3ccco3)c2)n1. The number of nitrogens with zero attached hydrogens (tertiary/aromatic N) is 1. The summed E-state index contributed by atoms with van der Waals surface area (Å²) in [6, 6.07) is 11.6. The third-order valence-corrected chi connectivity index (χ3v) is 3.12. The van der Waals surface area contributed by atoms with E-state index >= 15 is 0 Å². The number of nitrogens with one attached hydrogen (secondary N) is 1. The van der Waals surface area contributed by atoms with Crippen molar-refractivity contribution < 1.29 is 13.9 Å². The normalized spacial score (nSPS) is 10.9. The van der Waals surface area contributed by atoms with Gasteiger partial charge in [-0.25, -0.2) is 9.78 Å². The number of aryl methyl sites for hydroxylation is 1. The summed E-state index contributed by atoms with van der Waals surface area (Å²) in [4.78, 5) is 30.3. The Hall–Kier alpha value is -3.41. The van der Waals surface area contributed by atoms with Crippen molar-refractivity contribution in [3.8, 4) is 17.1 Å². The van der Waals surface area contributed by atoms with Gasteiger partial charge in [0, 0.05) is 23.4 Å². The second-order valence-corrected chi connectivity index (χ2v) is 5.03. The van der Waals surface area contributed by atoms with Crippen molar-refractivity contribution >= 4 is 12.0 Å². The van der Waals surface area contributed by atoms with E-state index in [1.165, 1.54) is 24.5 Å². The molecule has 24 heavy (non-hydrogen) atoms. The molecule has 0 saturated carbocycles. The van der Waals surface area contributed by atoms with Gasteiger partial charge in [0.05, 0.1) is 6.26 Å². The summed E-state index contributed by atoms with van der Waals surface area (Å²) in [5.41, 5.74) is 1.02. The minimum atomic E-state index is -0.533. The van der Waals surface area contributed by atoms with Gasteiger partial charge in [0.2, 0.25) is 0 Å². The molecular formula is C18H14N2O4. The molecule has 0 saturated heterocycles. The van der Waals surface area contributed by atoms with Gasteiger partial charge in [0.1, 0.15) is 17.3 Å². The summed E-state index contributed by atoms with van der Waals surface area (Å²) in [6.07, 6.45) is 4.31. The first-order valence-electron chi connectivity index (χ1n) is 7.22. The molecule has 0 spiro atoms. The third-order valence-electron chi connectivity index (χ3n) is 3.12. The highest BCUT2D eigenvalue weighted by molar-refractivity contribution is 5.88. The lowest BCUT2D eigenvalue weighted by Gasteiger charge is -2.05. The van der Waals surface area contributed by atoms with Crippen LogP contribution in [0.2, 0.25) is 0 Å². The highest BCUT2D eigenvalue weighted by atomic mass is 16.5. The lowest BCUT2D eigenvalue weighted by molar-refractivity contribution is -0.128. The fourth-order valence-electron chi connectivity index (χ4n) is 2.11. The average Bonchev–Trinajstić information content (AvgIpc) is 3.06. The maximum absolute atomic E-state index is 11.8. The Morgan fingerprint density at radius 1 is 1.25 bits per heavy atom. The van der Waals surface area contributed by atoms with Crippen LogP contribution >= 0.6 is 0 Å². The molecule has 3 aromatic rings. The average molecular weight is 322 g/mol. The van der Waals surface area contributed by atoms with Crippen LogP contribution in [0, 0.1) is 6.92 Å². The van der Waals surface area contributed by atoms with Crippen LogP contribution in [0.1, 0.15) is 11.5 Å². The van der Waals surface area contributed by atoms with E-state index in [0.29, 0.717) is 28.6 Å². The molecule has 0 aliphatic heterocycles. The molecule has 0 unspecified atom stereocenters. The zero-order valence-electron chi connectivity index (χ0n) is 12.9. The van der Waals surface area contributed by atoms with Gasteiger partial charge in [-0.05, 0) is 37.3 Å². The molecule has 0 atom stereocenters. The summed E-state index contributed by atoms with van der Waals surface area (Å²) in [6.45, 7) is 1.74. The number of furan rings is 1. The minimum Gasteiger partial charge on any atom is -0.465 e. The molecule has 0 radical (unpaired) electrons. The van der Waals surface area contributed by atoms with Crippen LogP contribution < -0.4 is 10.3 Å². The quantitative estimate of drug-likeness (QED) is 0.453. The number of aromatic amines is 1. The highest BCUT2D eigenvalue weighted by Crippen LogP contribution is 2.20. The van der Waals surface area contributed by atoms with Crippen molar-refractivity contribution in [3.05, 3.63) is 76.6 Å². The van der Waals surface area contributed by atoms with Crippen LogP contribution in [-0.4, -0.2) is 15.9 Å². The number of aromatic nitrogens is 2. The van der Waals surface area contributed by atoms with Crippen LogP contribution in [0.3, 0.4) is 0 Å². The fraction of sp³-hybridized carbons (Fsp3) is 0.0556. The number of hydrogen-bond acceptors (Lipinski definition) is 5. The van der Waals surface area contributed by atoms with Crippen LogP contribution in [0.15, 0.2) is 64.0 Å². The minimum absolute atomic E-state index is 0.235. The van der Waals surface area contributed by atoms with Crippen LogP contribution in [-0.2, 0) is 4.79 Å². The number of carbonyl (C=O) groups excluding carboxylic acids is 1. The Kier molecular flexibility index (Phi) is 4.38. The van der Waals surface area contributed by atoms with E-state index in [4.69, 9.17) is 9.15 Å². The molecule has 0 bridgehead atoms. The van der Waals surface area contributed by atoms with E-state index in [-0.39, 0.29) is 5.56 Å². The number of esters is 1. The largest absolute Gasteiger partial charge is 0.465 e. The molecule has 2 heterocycles. The summed E-state index contributed by atoms with van der Waals surface area (Å²) in [5, 5.41) is 0. The number of benzene rings is 1. The topological polar surface area (TPSA) is 85.2 Å². The Morgan fingerprint density at radius 3 is 2.88 bits per heavy atom. The molecule has 0 aliphatic carbocycles. The molecule has 120 valence electrons. The van der Waals surface area contributed by atoms with Crippen molar-refractivity contribution in [3.63, 3.8) is 0 Å². The summed E-state index contributed by atoms with van der Waals surface area (Å²) < 4.78 is 10.3. The van der Waals surface area contributed by atoms with E-state index < -0.39 is 5.97 Å². The standard InChI is InChI=1S/C18H14N2O4/c1-12-10-16(21)20-18(19-12)13-4-2-5-15(11-13)24-17(22)8-7-14-6-3-9-23-14/h2-11H,1H3,(H,19,20,21)/b8-7+. The Balaban J connectivity index is 1.78. The molecule has 3 rings (SSSR count). The van der Waals surface area contributed by atoms with Crippen molar-refractivity contribution in [2.24, 2.45) is 0 Å². The summed E-state index contributed by atoms with van der Waals surface area (Å²) >= 11 is 0. The third kappa shape index (κ3) is 3.86. The lowest BCUT2D eigenvalue weighted by Crippen LogP contribution is -2.09. The van der Waals surface area contributed by atoms with Gasteiger partial charge >= 0.3 is 5.97 Å². The number of rotatable bonds is 4. The van der Waals surface area contributed by atoms with E-state index in [9.17, 15) is 9.59 Å². The maximum Gasteiger partial charge on any atom is 0.336 e. The van der Waals surface area contributed by atoms with Crippen molar-refractivity contribution in [2.45, 2.75) is 6.92 Å². The number of H-pyrrole nitrogens is 1. The molecule has 1 N–H and O–H groups in total. The predicted octanol–water partition coefficient (Wildman–Crippen LogP) is 2.96. The van der Waals surface area contributed by atoms with Crippen molar-refractivity contribution in [1.29, 1.82) is 0 Å². The second-order valence-electron chi connectivity index (χ2n) is 5.03. The lowest BCUT2D eigenvalue weighted by atomic mass is 10.2. The Morgan fingerprint density at radius 2 is 2.12 bits per heavy atom. The Labute approximate surface area is 137 Å². The van der Waals surface area contributed by atoms with E-state index in [1.807, 2.05) is 0 Å². The van der Waals surface area contributed by atoms with Gasteiger partial charge in [-0.2, -0.15) is 0 Å². The van der Waals surface area contributed by atoms with Crippen LogP contribution in [0.25, 0.3) is 17.5 Å². The molecule has 6 nitrogen and oxygen atoms in total. The van der Waals surface area contributed by atoms with E-state index in [0.717, 1.165) is 0 Å². The van der Waals surface area contributed by atoms with Crippen LogP contribution in [0.4, 0.5) is 0 Å². The monoisotopic (exact) mass is 322 g/mol. The first-order valence-corrected chi connectivity index (χ1v) is 7.22. The molecule has 0 fully saturated rings. The second kappa shape index (κ2) is 6.78. The van der Waals surface area contributed by atoms with Crippen LogP contribution in [0.5, 0.6) is 5.75 Å². The Bertz CT molecular complexity index is 940. The summed E-state index contributed by atoms with van der Waals surface area (Å²) in [7, 11) is 0. The molecule has 6 heteroatoms. The first kappa shape index (κ1) is 15.5. The maximum atomic E-state index is 11.8. The van der Waals surface area contributed by atoms with E-state index in [1.54, 1.807) is 43.3 Å². The molecule has 0 amide bonds. The zero-order valence-corrected chi connectivity index (χ0v) is 12.9. The number of ether oxygens (including phenoxy) is 1. The number of hydrogen-bond donors (Lipinski definition) is 1. The van der Waals surface area contributed by atoms with Gasteiger partial charge in [-0.1, -0.05) is 12.1 Å². The van der Waals surface area contributed by atoms with Gasteiger partial charge in [-0.15, -0.1) is 0 Å². The van der Waals surface area contributed by atoms with Gasteiger partial charge in [0.15, 0.2) is 0 Å². The predicted molar refractivity (Wildman–Crippen MR) is 88.4 cm³/mol. The first-order chi connectivity index (χ1) is 11.6. The molecule has 1 aromatic carbocycles. The van der Waals surface area contributed by atoms with Gasteiger partial charge < -0.3 is 14.1 Å². The fourth-order valence-corrected chi connectivity index (χ4v) is 2.11. The summed E-state index contributed by atoms with van der Waals surface area (Å²) in [5.74, 6) is 0.797. The highest BCUT2D eigenvalue weighted by Gasteiger charge is 2.06. The van der Waals surface area contributed by atoms with E-state index in [2.05, 4.69) is 9.97 Å². The molecule has 2 aromatic heterocycles. The molecule has 0 aliphatic rings. The number of carbonyl (C=O) groups is 1. The van der Waals surface area contributed by atoms with Crippen molar-refractivity contribution in [2.75, 3.05) is 0 Å². The smallest absolute Gasteiger partial charge is 0.336 e. The van der Waals surface area contributed by atoms with Crippen molar-refractivity contribution in [1.82, 2.24) is 9.97 Å². The molecular weight excluding hydrogens is 308 g/mol. The van der Waals surface area contributed by atoms with Gasteiger partial charge in [-0.3, -0.25) is 4.79 Å². The van der Waals surface area contributed by atoms with Gasteiger partial charge in [0.25, 0.3) is 5.56 Å². The zero-order chi connectivity index (χ0) is 16.9.